The molecule has 4 unspecified atom stereocenters. The minimum absolute atomic E-state index is 0.0675. The quantitative estimate of drug-likeness (QED) is 0.263. The van der Waals surface area contributed by atoms with E-state index in [4.69, 9.17) is 14.2 Å². The average Bonchev–Trinajstić information content (AvgIpc) is 3.68. The second kappa shape index (κ2) is 10.9. The number of anilines is 2. The van der Waals surface area contributed by atoms with Crippen molar-refractivity contribution in [2.24, 2.45) is 0 Å². The van der Waals surface area contributed by atoms with Gasteiger partial charge in [0.2, 0.25) is 0 Å². The van der Waals surface area contributed by atoms with Crippen molar-refractivity contribution < 1.29 is 33.7 Å². The summed E-state index contributed by atoms with van der Waals surface area (Å²) in [4.78, 5) is 50.2. The summed E-state index contributed by atoms with van der Waals surface area (Å²) in [6.45, 7) is 2.21. The lowest BCUT2D eigenvalue weighted by molar-refractivity contribution is -0.158. The highest BCUT2D eigenvalue weighted by Gasteiger charge is 2.56. The van der Waals surface area contributed by atoms with E-state index in [9.17, 15) is 19.5 Å². The first-order valence-electron chi connectivity index (χ1n) is 12.8. The van der Waals surface area contributed by atoms with Crippen molar-refractivity contribution in [2.75, 3.05) is 17.2 Å². The standard InChI is InChI=1S/C27H25N7O7/c1-2-28-27(38)33-21-17-22(30-12-29-21)34(13-31-17)24-20-18(40-26(41-20)14-8-4-3-5-9-14)19(39-24)23(35)32-16-11-7-6-10-15(16)25(36)37/h3-13,18-20,24,26H,2H2,1H3,(H,32,35)(H,36,37)(H2,28,29,30,33,38)/t18?,19?,20?,24?,26-/m1/s1. The number of hydrogen-bond acceptors (Lipinski definition) is 9. The van der Waals surface area contributed by atoms with Crippen molar-refractivity contribution in [1.29, 1.82) is 0 Å². The van der Waals surface area contributed by atoms with Crippen molar-refractivity contribution >= 4 is 40.6 Å². The maximum atomic E-state index is 13.5. The second-order valence-electron chi connectivity index (χ2n) is 9.26. The van der Waals surface area contributed by atoms with Crippen molar-refractivity contribution in [3.8, 4) is 0 Å². The molecule has 4 aromatic rings. The Labute approximate surface area is 232 Å². The van der Waals surface area contributed by atoms with Crippen LogP contribution >= 0.6 is 0 Å². The molecule has 0 spiro atoms. The number of hydrogen-bond donors (Lipinski definition) is 4. The van der Waals surface area contributed by atoms with Crippen LogP contribution < -0.4 is 16.0 Å². The number of rotatable bonds is 7. The molecule has 4 heterocycles. The number of benzene rings is 2. The van der Waals surface area contributed by atoms with E-state index in [0.717, 1.165) is 5.56 Å². The van der Waals surface area contributed by atoms with E-state index >= 15 is 0 Å². The maximum Gasteiger partial charge on any atom is 0.337 e. The molecule has 5 atom stereocenters. The molecule has 6 rings (SSSR count). The van der Waals surface area contributed by atoms with Gasteiger partial charge in [-0.05, 0) is 19.1 Å². The Hall–Kier alpha value is -4.92. The Bertz CT molecular complexity index is 1610. The Kier molecular flexibility index (Phi) is 7.01. The number of aromatic nitrogens is 4. The van der Waals surface area contributed by atoms with Gasteiger partial charge in [-0.25, -0.2) is 24.5 Å². The number of para-hydroxylation sites is 1. The molecule has 14 nitrogen and oxygen atoms in total. The summed E-state index contributed by atoms with van der Waals surface area (Å²) >= 11 is 0. The lowest BCUT2D eigenvalue weighted by Gasteiger charge is -2.21. The lowest BCUT2D eigenvalue weighted by atomic mass is 10.1. The first-order chi connectivity index (χ1) is 19.9. The van der Waals surface area contributed by atoms with Crippen LogP contribution in [0.25, 0.3) is 11.2 Å². The second-order valence-corrected chi connectivity index (χ2v) is 9.26. The third kappa shape index (κ3) is 4.95. The van der Waals surface area contributed by atoms with Gasteiger partial charge in [-0.2, -0.15) is 0 Å². The Balaban J connectivity index is 1.33. The molecular formula is C27H25N7O7. The van der Waals surface area contributed by atoms with Gasteiger partial charge in [-0.1, -0.05) is 42.5 Å². The van der Waals surface area contributed by atoms with Crippen LogP contribution in [0.1, 0.15) is 35.4 Å². The number of carboxylic acid groups (broad SMARTS) is 1. The van der Waals surface area contributed by atoms with Crippen LogP contribution in [0, 0.1) is 0 Å². The fraction of sp³-hybridized carbons (Fsp3) is 0.259. The number of carboxylic acids is 1. The van der Waals surface area contributed by atoms with Gasteiger partial charge in [-0.15, -0.1) is 0 Å². The summed E-state index contributed by atoms with van der Waals surface area (Å²) in [6.07, 6.45) is -1.74. The van der Waals surface area contributed by atoms with Crippen LogP contribution in [0.3, 0.4) is 0 Å². The zero-order chi connectivity index (χ0) is 28.5. The minimum Gasteiger partial charge on any atom is -0.478 e. The van der Waals surface area contributed by atoms with E-state index in [1.807, 2.05) is 30.3 Å². The number of imidazole rings is 1. The number of nitrogens with zero attached hydrogens (tertiary/aromatic N) is 4. The molecule has 41 heavy (non-hydrogen) atoms. The van der Waals surface area contributed by atoms with E-state index in [2.05, 4.69) is 30.9 Å². The van der Waals surface area contributed by atoms with Gasteiger partial charge in [0, 0.05) is 12.1 Å². The SMILES string of the molecule is CCNC(=O)Nc1ncnc2c1ncn2C1OC(C(=O)Nc2ccccc2C(=O)O)C2O[C@@H](c3ccccc3)OC21. The molecule has 2 aromatic carbocycles. The molecule has 2 aliphatic heterocycles. The van der Waals surface area contributed by atoms with Gasteiger partial charge in [-0.3, -0.25) is 14.7 Å². The number of fused-ring (bicyclic) bond motifs is 2. The molecule has 0 bridgehead atoms. The average molecular weight is 560 g/mol. The molecule has 2 fully saturated rings. The highest BCUT2D eigenvalue weighted by Crippen LogP contribution is 2.45. The molecule has 3 amide bonds. The third-order valence-electron chi connectivity index (χ3n) is 6.70. The van der Waals surface area contributed by atoms with E-state index in [-0.39, 0.29) is 17.1 Å². The highest BCUT2D eigenvalue weighted by molar-refractivity contribution is 6.02. The van der Waals surface area contributed by atoms with Gasteiger partial charge in [0.05, 0.1) is 17.6 Å². The number of carbonyl (C=O) groups excluding carboxylic acids is 2. The highest BCUT2D eigenvalue weighted by atomic mass is 16.8. The van der Waals surface area contributed by atoms with E-state index in [1.165, 1.54) is 24.8 Å². The van der Waals surface area contributed by atoms with E-state index in [1.54, 1.807) is 23.6 Å². The van der Waals surface area contributed by atoms with E-state index in [0.29, 0.717) is 17.7 Å². The van der Waals surface area contributed by atoms with Gasteiger partial charge in [0.25, 0.3) is 5.91 Å². The molecule has 2 aliphatic rings. The minimum atomic E-state index is -1.19. The van der Waals surface area contributed by atoms with Crippen molar-refractivity contribution in [3.05, 3.63) is 78.4 Å². The smallest absolute Gasteiger partial charge is 0.337 e. The Morgan fingerprint density at radius 3 is 2.46 bits per heavy atom. The van der Waals surface area contributed by atoms with Crippen molar-refractivity contribution in [3.63, 3.8) is 0 Å². The molecule has 2 saturated heterocycles. The van der Waals surface area contributed by atoms with Crippen LogP contribution in [0.15, 0.2) is 67.3 Å². The van der Waals surface area contributed by atoms with Crippen molar-refractivity contribution in [1.82, 2.24) is 24.8 Å². The first-order valence-corrected chi connectivity index (χ1v) is 12.8. The predicted molar refractivity (Wildman–Crippen MR) is 143 cm³/mol. The fourth-order valence-corrected chi connectivity index (χ4v) is 4.88. The molecule has 210 valence electrons. The molecule has 2 aromatic heterocycles. The topological polar surface area (TPSA) is 179 Å². The summed E-state index contributed by atoms with van der Waals surface area (Å²) in [5.74, 6) is -1.60. The zero-order valence-corrected chi connectivity index (χ0v) is 21.6. The lowest BCUT2D eigenvalue weighted by Crippen LogP contribution is -2.38. The predicted octanol–water partition coefficient (Wildman–Crippen LogP) is 2.68. The summed E-state index contributed by atoms with van der Waals surface area (Å²) < 4.78 is 20.3. The Morgan fingerprint density at radius 1 is 0.927 bits per heavy atom. The Morgan fingerprint density at radius 2 is 1.68 bits per heavy atom. The molecular weight excluding hydrogens is 534 g/mol. The van der Waals surface area contributed by atoms with Gasteiger partial charge < -0.3 is 30.0 Å². The van der Waals surface area contributed by atoms with Crippen LogP contribution in [0.5, 0.6) is 0 Å². The summed E-state index contributed by atoms with van der Waals surface area (Å²) in [7, 11) is 0. The van der Waals surface area contributed by atoms with Gasteiger partial charge in [0.1, 0.15) is 18.5 Å². The third-order valence-corrected chi connectivity index (χ3v) is 6.70. The molecule has 0 aliphatic carbocycles. The van der Waals surface area contributed by atoms with E-state index < -0.39 is 48.7 Å². The summed E-state index contributed by atoms with van der Waals surface area (Å²) in [5, 5.41) is 17.5. The zero-order valence-electron chi connectivity index (χ0n) is 21.6. The number of ether oxygens (including phenoxy) is 3. The van der Waals surface area contributed by atoms with Crippen LogP contribution in [-0.2, 0) is 19.0 Å². The number of urea groups is 1. The van der Waals surface area contributed by atoms with Crippen molar-refractivity contribution in [2.45, 2.75) is 37.8 Å². The molecule has 14 heteroatoms. The monoisotopic (exact) mass is 559 g/mol. The number of carbonyl (C=O) groups is 3. The number of amides is 3. The van der Waals surface area contributed by atoms with Crippen LogP contribution in [0.4, 0.5) is 16.3 Å². The largest absolute Gasteiger partial charge is 0.478 e. The summed E-state index contributed by atoms with van der Waals surface area (Å²) in [6, 6.07) is 14.9. The molecule has 0 radical (unpaired) electrons. The normalized spacial score (nSPS) is 23.2. The number of nitrogens with one attached hydrogen (secondary N) is 3. The maximum absolute atomic E-state index is 13.5. The van der Waals surface area contributed by atoms with Crippen LogP contribution in [0.2, 0.25) is 0 Å². The molecule has 4 N–H and O–H groups in total. The molecule has 0 saturated carbocycles. The number of aromatic carboxylic acids is 1. The van der Waals surface area contributed by atoms with Gasteiger partial charge >= 0.3 is 12.0 Å². The summed E-state index contributed by atoms with van der Waals surface area (Å²) in [5.41, 5.74) is 1.44. The fourth-order valence-electron chi connectivity index (χ4n) is 4.88. The van der Waals surface area contributed by atoms with Gasteiger partial charge in [0.15, 0.2) is 35.6 Å². The van der Waals surface area contributed by atoms with Crippen LogP contribution in [-0.4, -0.2) is 67.4 Å². The first kappa shape index (κ1) is 26.3.